The predicted molar refractivity (Wildman–Crippen MR) is 88.8 cm³/mol. The summed E-state index contributed by atoms with van der Waals surface area (Å²) in [7, 11) is 3.57. The molecule has 3 nitrogen and oxygen atoms in total. The highest BCUT2D eigenvalue weighted by Crippen LogP contribution is 2.27. The highest BCUT2D eigenvalue weighted by molar-refractivity contribution is 5.99. The van der Waals surface area contributed by atoms with Crippen LogP contribution in [0.5, 0.6) is 0 Å². The summed E-state index contributed by atoms with van der Waals surface area (Å²) >= 11 is 0. The smallest absolute Gasteiger partial charge is 0.178 e. The van der Waals surface area contributed by atoms with Crippen molar-refractivity contribution in [3.8, 4) is 0 Å². The standard InChI is InChI=1S/C19H30O3/c1-21-18-11-5-15(6-12-18)3-9-17(20)10-4-16-7-13-19(22-2)14-8-16/h3-4,9-10,15-16,18-19H,5-8,11-14H2,1-2H3/b9-3+,10-4+. The van der Waals surface area contributed by atoms with Crippen LogP contribution in [0.4, 0.5) is 0 Å². The van der Waals surface area contributed by atoms with Crippen LogP contribution < -0.4 is 0 Å². The van der Waals surface area contributed by atoms with Crippen LogP contribution in [0, 0.1) is 11.8 Å². The molecule has 0 unspecified atom stereocenters. The molecule has 2 saturated carbocycles. The molecule has 0 aromatic carbocycles. The van der Waals surface area contributed by atoms with Gasteiger partial charge in [0, 0.05) is 14.2 Å². The first-order chi connectivity index (χ1) is 10.7. The van der Waals surface area contributed by atoms with Gasteiger partial charge in [-0.3, -0.25) is 4.79 Å². The van der Waals surface area contributed by atoms with Gasteiger partial charge in [-0.2, -0.15) is 0 Å². The zero-order chi connectivity index (χ0) is 15.8. The molecule has 0 spiro atoms. The van der Waals surface area contributed by atoms with Crippen molar-refractivity contribution < 1.29 is 14.3 Å². The number of carbonyl (C=O) groups excluding carboxylic acids is 1. The Morgan fingerprint density at radius 3 is 1.41 bits per heavy atom. The van der Waals surface area contributed by atoms with Crippen molar-refractivity contribution in [3.63, 3.8) is 0 Å². The van der Waals surface area contributed by atoms with E-state index in [1.807, 2.05) is 0 Å². The van der Waals surface area contributed by atoms with Gasteiger partial charge in [0.15, 0.2) is 5.78 Å². The molecule has 0 amide bonds. The van der Waals surface area contributed by atoms with Gasteiger partial charge in [-0.1, -0.05) is 12.2 Å². The van der Waals surface area contributed by atoms with E-state index in [-0.39, 0.29) is 5.78 Å². The van der Waals surface area contributed by atoms with E-state index in [0.717, 1.165) is 51.4 Å². The van der Waals surface area contributed by atoms with E-state index < -0.39 is 0 Å². The van der Waals surface area contributed by atoms with Gasteiger partial charge in [-0.05, 0) is 75.4 Å². The molecular weight excluding hydrogens is 276 g/mol. The lowest BCUT2D eigenvalue weighted by molar-refractivity contribution is -0.110. The first kappa shape index (κ1) is 17.4. The molecule has 0 heterocycles. The second-order valence-corrected chi connectivity index (χ2v) is 6.67. The molecule has 0 radical (unpaired) electrons. The zero-order valence-corrected chi connectivity index (χ0v) is 14.0. The van der Waals surface area contributed by atoms with Crippen molar-refractivity contribution in [1.82, 2.24) is 0 Å². The van der Waals surface area contributed by atoms with Crippen LogP contribution in [0.3, 0.4) is 0 Å². The maximum Gasteiger partial charge on any atom is 0.178 e. The summed E-state index contributed by atoms with van der Waals surface area (Å²) < 4.78 is 10.8. The molecule has 124 valence electrons. The highest BCUT2D eigenvalue weighted by atomic mass is 16.5. The maximum atomic E-state index is 11.9. The maximum absolute atomic E-state index is 11.9. The summed E-state index contributed by atoms with van der Waals surface area (Å²) in [5.74, 6) is 1.21. The van der Waals surface area contributed by atoms with Crippen LogP contribution in [-0.2, 0) is 14.3 Å². The Kier molecular flexibility index (Phi) is 7.34. The number of ether oxygens (including phenoxy) is 2. The molecule has 0 atom stereocenters. The molecule has 0 N–H and O–H groups in total. The molecule has 2 aliphatic rings. The summed E-state index contributed by atoms with van der Waals surface area (Å²) in [4.78, 5) is 11.9. The van der Waals surface area contributed by atoms with Gasteiger partial charge >= 0.3 is 0 Å². The normalized spacial score (nSPS) is 33.5. The Bertz CT molecular complexity index is 347. The van der Waals surface area contributed by atoms with Crippen LogP contribution in [0.1, 0.15) is 51.4 Å². The van der Waals surface area contributed by atoms with Crippen LogP contribution >= 0.6 is 0 Å². The highest BCUT2D eigenvalue weighted by Gasteiger charge is 2.20. The third-order valence-corrected chi connectivity index (χ3v) is 5.17. The van der Waals surface area contributed by atoms with Crippen molar-refractivity contribution in [2.45, 2.75) is 63.6 Å². The van der Waals surface area contributed by atoms with E-state index in [0.29, 0.717) is 24.0 Å². The minimum atomic E-state index is 0.128. The molecule has 2 aliphatic carbocycles. The summed E-state index contributed by atoms with van der Waals surface area (Å²) in [6, 6.07) is 0. The lowest BCUT2D eigenvalue weighted by Crippen LogP contribution is -2.19. The van der Waals surface area contributed by atoms with Crippen molar-refractivity contribution in [2.75, 3.05) is 14.2 Å². The molecular formula is C19H30O3. The van der Waals surface area contributed by atoms with Crippen molar-refractivity contribution in [3.05, 3.63) is 24.3 Å². The largest absolute Gasteiger partial charge is 0.381 e. The van der Waals surface area contributed by atoms with Crippen LogP contribution in [0.15, 0.2) is 24.3 Å². The van der Waals surface area contributed by atoms with Crippen LogP contribution in [-0.4, -0.2) is 32.2 Å². The molecule has 0 aromatic rings. The Hall–Kier alpha value is -0.930. The molecule has 0 aliphatic heterocycles. The number of hydrogen-bond acceptors (Lipinski definition) is 3. The van der Waals surface area contributed by atoms with E-state index >= 15 is 0 Å². The Morgan fingerprint density at radius 2 is 1.09 bits per heavy atom. The quantitative estimate of drug-likeness (QED) is 0.694. The molecule has 2 fully saturated rings. The average Bonchev–Trinajstić information content (AvgIpc) is 2.59. The number of ketones is 1. The van der Waals surface area contributed by atoms with Crippen molar-refractivity contribution >= 4 is 5.78 Å². The fourth-order valence-electron chi connectivity index (χ4n) is 3.55. The Balaban J connectivity index is 1.69. The summed E-state index contributed by atoms with van der Waals surface area (Å²) in [6.45, 7) is 0. The number of allylic oxidation sites excluding steroid dienone is 4. The number of hydrogen-bond donors (Lipinski definition) is 0. The van der Waals surface area contributed by atoms with Gasteiger partial charge < -0.3 is 9.47 Å². The number of methoxy groups -OCH3 is 2. The van der Waals surface area contributed by atoms with Crippen LogP contribution in [0.2, 0.25) is 0 Å². The number of rotatable bonds is 6. The summed E-state index contributed by atoms with van der Waals surface area (Å²) in [5, 5.41) is 0. The van der Waals surface area contributed by atoms with Gasteiger partial charge in [0.2, 0.25) is 0 Å². The van der Waals surface area contributed by atoms with E-state index in [9.17, 15) is 4.79 Å². The van der Waals surface area contributed by atoms with Gasteiger partial charge in [0.25, 0.3) is 0 Å². The molecule has 3 heteroatoms. The Labute approximate surface area is 134 Å². The molecule has 22 heavy (non-hydrogen) atoms. The first-order valence-corrected chi connectivity index (χ1v) is 8.67. The van der Waals surface area contributed by atoms with Crippen molar-refractivity contribution in [2.24, 2.45) is 11.8 Å². The molecule has 0 saturated heterocycles. The third-order valence-electron chi connectivity index (χ3n) is 5.17. The van der Waals surface area contributed by atoms with E-state index in [4.69, 9.17) is 9.47 Å². The van der Waals surface area contributed by atoms with Crippen LogP contribution in [0.25, 0.3) is 0 Å². The SMILES string of the molecule is COC1CCC(/C=C/C(=O)/C=C/C2CCC(OC)CC2)CC1. The second-order valence-electron chi connectivity index (χ2n) is 6.67. The monoisotopic (exact) mass is 306 g/mol. The molecule has 0 bridgehead atoms. The first-order valence-electron chi connectivity index (χ1n) is 8.67. The lowest BCUT2D eigenvalue weighted by Gasteiger charge is -2.25. The fourth-order valence-corrected chi connectivity index (χ4v) is 3.55. The van der Waals surface area contributed by atoms with E-state index in [1.54, 1.807) is 26.4 Å². The average molecular weight is 306 g/mol. The third kappa shape index (κ3) is 5.69. The second kappa shape index (κ2) is 9.26. The van der Waals surface area contributed by atoms with Gasteiger partial charge in [-0.25, -0.2) is 0 Å². The Morgan fingerprint density at radius 1 is 0.727 bits per heavy atom. The van der Waals surface area contributed by atoms with Gasteiger partial charge in [-0.15, -0.1) is 0 Å². The minimum Gasteiger partial charge on any atom is -0.381 e. The lowest BCUT2D eigenvalue weighted by atomic mass is 9.86. The van der Waals surface area contributed by atoms with E-state index in [1.165, 1.54) is 0 Å². The molecule has 0 aromatic heterocycles. The predicted octanol–water partition coefficient (Wildman–Crippen LogP) is 4.08. The number of carbonyl (C=O) groups is 1. The summed E-state index contributed by atoms with van der Waals surface area (Å²) in [6.07, 6.45) is 17.5. The zero-order valence-electron chi connectivity index (χ0n) is 14.0. The van der Waals surface area contributed by atoms with Gasteiger partial charge in [0.1, 0.15) is 0 Å². The fraction of sp³-hybridized carbons (Fsp3) is 0.737. The molecule has 2 rings (SSSR count). The topological polar surface area (TPSA) is 35.5 Å². The van der Waals surface area contributed by atoms with Gasteiger partial charge in [0.05, 0.1) is 12.2 Å². The van der Waals surface area contributed by atoms with Crippen molar-refractivity contribution in [1.29, 1.82) is 0 Å². The summed E-state index contributed by atoms with van der Waals surface area (Å²) in [5.41, 5.74) is 0. The van der Waals surface area contributed by atoms with E-state index in [2.05, 4.69) is 12.2 Å². The minimum absolute atomic E-state index is 0.128.